The van der Waals surface area contributed by atoms with E-state index in [4.69, 9.17) is 4.42 Å². The molecule has 0 atom stereocenters. The van der Waals surface area contributed by atoms with Crippen molar-refractivity contribution >= 4 is 17.8 Å². The molecule has 0 unspecified atom stereocenters. The van der Waals surface area contributed by atoms with E-state index in [1.807, 2.05) is 13.8 Å². The van der Waals surface area contributed by atoms with Crippen LogP contribution in [0.2, 0.25) is 0 Å². The summed E-state index contributed by atoms with van der Waals surface area (Å²) in [4.78, 5) is 39.8. The highest BCUT2D eigenvalue weighted by Gasteiger charge is 2.24. The summed E-state index contributed by atoms with van der Waals surface area (Å²) >= 11 is 0. The van der Waals surface area contributed by atoms with Crippen molar-refractivity contribution < 1.29 is 23.5 Å². The lowest BCUT2D eigenvalue weighted by Crippen LogP contribution is -2.42. The summed E-state index contributed by atoms with van der Waals surface area (Å²) < 4.78 is 9.98. The quantitative estimate of drug-likeness (QED) is 0.553. The molecule has 1 fully saturated rings. The molecular weight excluding hydrogens is 360 g/mol. The Bertz CT molecular complexity index is 795. The molecule has 0 saturated heterocycles. The van der Waals surface area contributed by atoms with Crippen molar-refractivity contribution in [2.75, 3.05) is 27.2 Å². The third kappa shape index (κ3) is 5.16. The number of methoxy groups -OCH3 is 1. The number of carbonyl (C=O) groups is 3. The Labute approximate surface area is 166 Å². The SMILES string of the molecule is COC(=O)c1cc(C)c(C(=O)N(C)CCN(C(=O)C#CC2CCC2)C(C)C)o1. The molecule has 0 radical (unpaired) electrons. The van der Waals surface area contributed by atoms with Crippen molar-refractivity contribution in [1.82, 2.24) is 9.80 Å². The van der Waals surface area contributed by atoms with Crippen molar-refractivity contribution in [3.63, 3.8) is 0 Å². The van der Waals surface area contributed by atoms with Crippen LogP contribution in [0, 0.1) is 24.7 Å². The van der Waals surface area contributed by atoms with Crippen LogP contribution in [0.1, 0.15) is 59.8 Å². The number of hydrogen-bond acceptors (Lipinski definition) is 5. The second-order valence-corrected chi connectivity index (χ2v) is 7.33. The lowest BCUT2D eigenvalue weighted by atomic mass is 9.86. The fraction of sp³-hybridized carbons (Fsp3) is 0.571. The fourth-order valence-corrected chi connectivity index (χ4v) is 2.81. The van der Waals surface area contributed by atoms with Crippen LogP contribution in [0.3, 0.4) is 0 Å². The van der Waals surface area contributed by atoms with Crippen molar-refractivity contribution in [2.24, 2.45) is 5.92 Å². The van der Waals surface area contributed by atoms with E-state index in [0.29, 0.717) is 24.6 Å². The van der Waals surface area contributed by atoms with E-state index >= 15 is 0 Å². The molecule has 1 saturated carbocycles. The van der Waals surface area contributed by atoms with Gasteiger partial charge < -0.3 is 19.0 Å². The van der Waals surface area contributed by atoms with Gasteiger partial charge in [-0.2, -0.15) is 0 Å². The highest BCUT2D eigenvalue weighted by atomic mass is 16.5. The number of ether oxygens (including phenoxy) is 1. The molecule has 2 rings (SSSR count). The molecular formula is C21H28N2O5. The average Bonchev–Trinajstić information content (AvgIpc) is 3.00. The van der Waals surface area contributed by atoms with Crippen LogP contribution in [-0.4, -0.2) is 60.9 Å². The summed E-state index contributed by atoms with van der Waals surface area (Å²) in [6.45, 7) is 6.22. The van der Waals surface area contributed by atoms with Gasteiger partial charge in [0.2, 0.25) is 5.76 Å². The lowest BCUT2D eigenvalue weighted by Gasteiger charge is -2.27. The summed E-state index contributed by atoms with van der Waals surface area (Å²) in [6, 6.07) is 1.45. The van der Waals surface area contributed by atoms with Crippen LogP contribution < -0.4 is 0 Å². The Balaban J connectivity index is 1.99. The van der Waals surface area contributed by atoms with E-state index in [-0.39, 0.29) is 29.4 Å². The second kappa shape index (κ2) is 9.45. The summed E-state index contributed by atoms with van der Waals surface area (Å²) in [5.41, 5.74) is 0.556. The first-order valence-corrected chi connectivity index (χ1v) is 9.51. The van der Waals surface area contributed by atoms with Gasteiger partial charge >= 0.3 is 5.97 Å². The van der Waals surface area contributed by atoms with Gasteiger partial charge in [0, 0.05) is 37.7 Å². The van der Waals surface area contributed by atoms with Crippen LogP contribution >= 0.6 is 0 Å². The molecule has 0 bridgehead atoms. The Morgan fingerprint density at radius 2 is 1.96 bits per heavy atom. The summed E-state index contributed by atoms with van der Waals surface area (Å²) in [5, 5.41) is 0. The van der Waals surface area contributed by atoms with Gasteiger partial charge in [0.25, 0.3) is 11.8 Å². The monoisotopic (exact) mass is 388 g/mol. The zero-order valence-electron chi connectivity index (χ0n) is 17.2. The van der Waals surface area contributed by atoms with Crippen LogP contribution in [0.4, 0.5) is 0 Å². The minimum absolute atomic E-state index is 0.0120. The number of amides is 2. The number of hydrogen-bond donors (Lipinski definition) is 0. The molecule has 7 heteroatoms. The molecule has 1 aliphatic carbocycles. The first-order valence-electron chi connectivity index (χ1n) is 9.51. The van der Waals surface area contributed by atoms with Crippen LogP contribution in [-0.2, 0) is 9.53 Å². The number of furan rings is 1. The number of rotatable bonds is 6. The van der Waals surface area contributed by atoms with Crippen molar-refractivity contribution in [3.05, 3.63) is 23.2 Å². The van der Waals surface area contributed by atoms with Crippen LogP contribution in [0.15, 0.2) is 10.5 Å². The van der Waals surface area contributed by atoms with Gasteiger partial charge in [-0.15, -0.1) is 0 Å². The summed E-state index contributed by atoms with van der Waals surface area (Å²) in [5.74, 6) is 5.00. The fourth-order valence-electron chi connectivity index (χ4n) is 2.81. The van der Waals surface area contributed by atoms with Gasteiger partial charge in [0.1, 0.15) is 0 Å². The predicted molar refractivity (Wildman–Crippen MR) is 104 cm³/mol. The molecule has 7 nitrogen and oxygen atoms in total. The number of aryl methyl sites for hydroxylation is 1. The standard InChI is InChI=1S/C21H28N2O5/c1-14(2)23(18(24)10-9-16-7-6-8-16)12-11-22(4)20(25)19-15(3)13-17(28-19)21(26)27-5/h13-14,16H,6-8,11-12H2,1-5H3. The van der Waals surface area contributed by atoms with Gasteiger partial charge in [0.05, 0.1) is 7.11 Å². The smallest absolute Gasteiger partial charge is 0.373 e. The Morgan fingerprint density at radius 3 is 2.50 bits per heavy atom. The van der Waals surface area contributed by atoms with Crippen LogP contribution in [0.25, 0.3) is 0 Å². The van der Waals surface area contributed by atoms with Gasteiger partial charge in [-0.05, 0) is 45.6 Å². The van der Waals surface area contributed by atoms with Crippen molar-refractivity contribution in [1.29, 1.82) is 0 Å². The molecule has 0 spiro atoms. The number of nitrogens with zero attached hydrogens (tertiary/aromatic N) is 2. The Morgan fingerprint density at radius 1 is 1.29 bits per heavy atom. The van der Waals surface area contributed by atoms with E-state index in [2.05, 4.69) is 16.6 Å². The molecule has 0 aromatic carbocycles. The lowest BCUT2D eigenvalue weighted by molar-refractivity contribution is -0.126. The number of likely N-dealkylation sites (N-methyl/N-ethyl adjacent to an activating group) is 1. The largest absolute Gasteiger partial charge is 0.463 e. The maximum absolute atomic E-state index is 12.7. The summed E-state index contributed by atoms with van der Waals surface area (Å²) in [7, 11) is 2.88. The predicted octanol–water partition coefficient (Wildman–Crippen LogP) is 2.49. The van der Waals surface area contributed by atoms with Gasteiger partial charge in [-0.25, -0.2) is 4.79 Å². The van der Waals surface area contributed by atoms with Gasteiger partial charge in [-0.1, -0.05) is 12.3 Å². The Kier molecular flexibility index (Phi) is 7.27. The normalized spacial score (nSPS) is 13.4. The average molecular weight is 388 g/mol. The molecule has 0 N–H and O–H groups in total. The molecule has 28 heavy (non-hydrogen) atoms. The van der Waals surface area contributed by atoms with E-state index < -0.39 is 5.97 Å². The highest BCUT2D eigenvalue weighted by molar-refractivity contribution is 5.95. The Hall–Kier alpha value is -2.75. The highest BCUT2D eigenvalue weighted by Crippen LogP contribution is 2.25. The number of esters is 1. The molecule has 1 aromatic rings. The zero-order valence-corrected chi connectivity index (χ0v) is 17.2. The third-order valence-electron chi connectivity index (χ3n) is 4.89. The van der Waals surface area contributed by atoms with Gasteiger partial charge in [-0.3, -0.25) is 9.59 Å². The molecule has 2 amide bonds. The first kappa shape index (κ1) is 21.5. The van der Waals surface area contributed by atoms with Crippen molar-refractivity contribution in [3.8, 4) is 11.8 Å². The van der Waals surface area contributed by atoms with Crippen molar-refractivity contribution in [2.45, 2.75) is 46.1 Å². The number of carbonyl (C=O) groups excluding carboxylic acids is 3. The molecule has 1 aliphatic rings. The third-order valence-corrected chi connectivity index (χ3v) is 4.89. The van der Waals surface area contributed by atoms with Crippen LogP contribution in [0.5, 0.6) is 0 Å². The second-order valence-electron chi connectivity index (χ2n) is 7.33. The maximum Gasteiger partial charge on any atom is 0.373 e. The summed E-state index contributed by atoms with van der Waals surface area (Å²) in [6.07, 6.45) is 3.31. The molecule has 1 heterocycles. The topological polar surface area (TPSA) is 80.1 Å². The minimum atomic E-state index is -0.633. The first-order chi connectivity index (χ1) is 13.2. The van der Waals surface area contributed by atoms with E-state index in [1.54, 1.807) is 18.9 Å². The minimum Gasteiger partial charge on any atom is -0.463 e. The van der Waals surface area contributed by atoms with Gasteiger partial charge in [0.15, 0.2) is 5.76 Å². The van der Waals surface area contributed by atoms with E-state index in [1.165, 1.54) is 24.5 Å². The molecule has 1 aromatic heterocycles. The molecule has 152 valence electrons. The zero-order chi connectivity index (χ0) is 20.8. The maximum atomic E-state index is 12.7. The molecule has 0 aliphatic heterocycles. The van der Waals surface area contributed by atoms with E-state index in [9.17, 15) is 14.4 Å². The van der Waals surface area contributed by atoms with E-state index in [0.717, 1.165) is 12.8 Å².